The fourth-order valence-electron chi connectivity index (χ4n) is 1.63. The lowest BCUT2D eigenvalue weighted by atomic mass is 10.1. The summed E-state index contributed by atoms with van der Waals surface area (Å²) in [5.74, 6) is 0.385. The van der Waals surface area contributed by atoms with Gasteiger partial charge in [0.2, 0.25) is 0 Å². The molecule has 2 nitrogen and oxygen atoms in total. The SMILES string of the molecule is CC(=O)c1cc2c(C)c(Br)cc(C)c2o1. The number of aryl methyl sites for hydroxylation is 2. The van der Waals surface area contributed by atoms with E-state index >= 15 is 0 Å². The molecule has 0 aliphatic heterocycles. The zero-order valence-corrected chi connectivity index (χ0v) is 10.4. The van der Waals surface area contributed by atoms with Gasteiger partial charge in [0.15, 0.2) is 11.5 Å². The van der Waals surface area contributed by atoms with Gasteiger partial charge in [0.05, 0.1) is 0 Å². The molecule has 0 saturated carbocycles. The highest BCUT2D eigenvalue weighted by Crippen LogP contribution is 2.31. The standard InChI is InChI=1S/C12H11BrO2/c1-6-4-10(13)7(2)9-5-11(8(3)14)15-12(6)9/h4-5H,1-3H3. The summed E-state index contributed by atoms with van der Waals surface area (Å²) in [6.07, 6.45) is 0. The van der Waals surface area contributed by atoms with E-state index < -0.39 is 0 Å². The molecule has 78 valence electrons. The Kier molecular flexibility index (Phi) is 2.43. The lowest BCUT2D eigenvalue weighted by Crippen LogP contribution is -1.85. The third-order valence-electron chi connectivity index (χ3n) is 2.54. The van der Waals surface area contributed by atoms with Crippen molar-refractivity contribution in [1.82, 2.24) is 0 Å². The van der Waals surface area contributed by atoms with Gasteiger partial charge in [-0.3, -0.25) is 4.79 Å². The Morgan fingerprint density at radius 1 is 1.33 bits per heavy atom. The van der Waals surface area contributed by atoms with Crippen molar-refractivity contribution in [1.29, 1.82) is 0 Å². The Morgan fingerprint density at radius 2 is 2.00 bits per heavy atom. The normalized spacial score (nSPS) is 10.9. The maximum absolute atomic E-state index is 11.2. The van der Waals surface area contributed by atoms with E-state index in [-0.39, 0.29) is 5.78 Å². The molecule has 1 aromatic heterocycles. The predicted molar refractivity (Wildman–Crippen MR) is 63.4 cm³/mol. The molecule has 0 aliphatic rings. The van der Waals surface area contributed by atoms with Gasteiger partial charge in [-0.05, 0) is 37.1 Å². The Bertz CT molecular complexity index is 552. The quantitative estimate of drug-likeness (QED) is 0.730. The van der Waals surface area contributed by atoms with E-state index in [2.05, 4.69) is 15.9 Å². The van der Waals surface area contributed by atoms with Crippen LogP contribution in [0.5, 0.6) is 0 Å². The second-order valence-electron chi connectivity index (χ2n) is 3.71. The van der Waals surface area contributed by atoms with Crippen LogP contribution in [0, 0.1) is 13.8 Å². The minimum atomic E-state index is -0.0406. The number of furan rings is 1. The third-order valence-corrected chi connectivity index (χ3v) is 3.37. The van der Waals surface area contributed by atoms with E-state index in [1.807, 2.05) is 26.0 Å². The predicted octanol–water partition coefficient (Wildman–Crippen LogP) is 4.01. The molecular weight excluding hydrogens is 256 g/mol. The van der Waals surface area contributed by atoms with E-state index in [1.165, 1.54) is 6.92 Å². The maximum Gasteiger partial charge on any atom is 0.194 e. The number of rotatable bonds is 1. The van der Waals surface area contributed by atoms with Gasteiger partial charge < -0.3 is 4.42 Å². The first-order valence-corrected chi connectivity index (χ1v) is 5.50. The molecule has 2 aromatic rings. The van der Waals surface area contributed by atoms with E-state index in [0.717, 1.165) is 26.6 Å². The van der Waals surface area contributed by atoms with Gasteiger partial charge >= 0.3 is 0 Å². The second-order valence-corrected chi connectivity index (χ2v) is 4.56. The fourth-order valence-corrected chi connectivity index (χ4v) is 2.19. The highest BCUT2D eigenvalue weighted by molar-refractivity contribution is 9.10. The van der Waals surface area contributed by atoms with E-state index in [1.54, 1.807) is 0 Å². The zero-order chi connectivity index (χ0) is 11.2. The van der Waals surface area contributed by atoms with Crippen molar-refractivity contribution in [3.8, 4) is 0 Å². The highest BCUT2D eigenvalue weighted by atomic mass is 79.9. The summed E-state index contributed by atoms with van der Waals surface area (Å²) in [5, 5.41) is 1.01. The van der Waals surface area contributed by atoms with Crippen LogP contribution in [0.3, 0.4) is 0 Å². The van der Waals surface area contributed by atoms with Gasteiger partial charge in [-0.2, -0.15) is 0 Å². The van der Waals surface area contributed by atoms with Crippen LogP contribution in [0.15, 0.2) is 21.0 Å². The summed E-state index contributed by atoms with van der Waals surface area (Å²) in [7, 11) is 0. The van der Waals surface area contributed by atoms with Crippen molar-refractivity contribution < 1.29 is 9.21 Å². The molecule has 0 spiro atoms. The third kappa shape index (κ3) is 1.61. The minimum absolute atomic E-state index is 0.0406. The lowest BCUT2D eigenvalue weighted by Gasteiger charge is -2.01. The molecule has 0 atom stereocenters. The number of Topliss-reactive ketones (excluding diaryl/α,β-unsaturated/α-hetero) is 1. The lowest BCUT2D eigenvalue weighted by molar-refractivity contribution is 0.0989. The first-order chi connectivity index (χ1) is 7.00. The Balaban J connectivity index is 2.85. The summed E-state index contributed by atoms with van der Waals surface area (Å²) >= 11 is 3.49. The number of carbonyl (C=O) groups is 1. The van der Waals surface area contributed by atoms with Gasteiger partial charge in [-0.1, -0.05) is 15.9 Å². The average Bonchev–Trinajstić information content (AvgIpc) is 2.59. The molecule has 2 rings (SSSR count). The molecule has 0 fully saturated rings. The maximum atomic E-state index is 11.2. The summed E-state index contributed by atoms with van der Waals surface area (Å²) in [5.41, 5.74) is 2.95. The molecule has 0 radical (unpaired) electrons. The van der Waals surface area contributed by atoms with Crippen LogP contribution in [0.4, 0.5) is 0 Å². The van der Waals surface area contributed by atoms with E-state index in [4.69, 9.17) is 4.42 Å². The highest BCUT2D eigenvalue weighted by Gasteiger charge is 2.13. The van der Waals surface area contributed by atoms with Crippen molar-refractivity contribution in [3.05, 3.63) is 33.5 Å². The molecular formula is C12H11BrO2. The number of ketones is 1. The van der Waals surface area contributed by atoms with E-state index in [0.29, 0.717) is 5.76 Å². The van der Waals surface area contributed by atoms with Crippen LogP contribution in [0.2, 0.25) is 0 Å². The smallest absolute Gasteiger partial charge is 0.194 e. The van der Waals surface area contributed by atoms with Crippen molar-refractivity contribution in [2.45, 2.75) is 20.8 Å². The largest absolute Gasteiger partial charge is 0.453 e. The molecule has 0 bridgehead atoms. The number of carbonyl (C=O) groups excluding carboxylic acids is 1. The molecule has 0 aliphatic carbocycles. The Hall–Kier alpha value is -1.09. The molecule has 0 amide bonds. The molecule has 3 heteroatoms. The summed E-state index contributed by atoms with van der Waals surface area (Å²) in [6, 6.07) is 3.82. The van der Waals surface area contributed by atoms with Crippen LogP contribution in [-0.2, 0) is 0 Å². The van der Waals surface area contributed by atoms with Gasteiger partial charge in [-0.15, -0.1) is 0 Å². The molecule has 1 heterocycles. The van der Waals surface area contributed by atoms with Crippen molar-refractivity contribution in [3.63, 3.8) is 0 Å². The number of hydrogen-bond acceptors (Lipinski definition) is 2. The average molecular weight is 267 g/mol. The van der Waals surface area contributed by atoms with Gasteiger partial charge in [-0.25, -0.2) is 0 Å². The van der Waals surface area contributed by atoms with Crippen LogP contribution >= 0.6 is 15.9 Å². The topological polar surface area (TPSA) is 30.2 Å². The van der Waals surface area contributed by atoms with Crippen molar-refractivity contribution in [2.75, 3.05) is 0 Å². The van der Waals surface area contributed by atoms with Crippen LogP contribution in [-0.4, -0.2) is 5.78 Å². The summed E-state index contributed by atoms with van der Waals surface area (Å²) in [6.45, 7) is 5.49. The van der Waals surface area contributed by atoms with Crippen LogP contribution in [0.1, 0.15) is 28.6 Å². The molecule has 0 N–H and O–H groups in total. The monoisotopic (exact) mass is 266 g/mol. The van der Waals surface area contributed by atoms with Crippen molar-refractivity contribution >= 4 is 32.7 Å². The minimum Gasteiger partial charge on any atom is -0.453 e. The molecule has 1 aromatic carbocycles. The van der Waals surface area contributed by atoms with E-state index in [9.17, 15) is 4.79 Å². The first-order valence-electron chi connectivity index (χ1n) is 4.71. The van der Waals surface area contributed by atoms with Crippen LogP contribution < -0.4 is 0 Å². The molecule has 0 saturated heterocycles. The zero-order valence-electron chi connectivity index (χ0n) is 8.85. The fraction of sp³-hybridized carbons (Fsp3) is 0.250. The number of fused-ring (bicyclic) bond motifs is 1. The first kappa shape index (κ1) is 10.4. The summed E-state index contributed by atoms with van der Waals surface area (Å²) < 4.78 is 6.57. The van der Waals surface area contributed by atoms with Gasteiger partial charge in [0.25, 0.3) is 0 Å². The number of benzene rings is 1. The number of hydrogen-bond donors (Lipinski definition) is 0. The van der Waals surface area contributed by atoms with Crippen molar-refractivity contribution in [2.24, 2.45) is 0 Å². The van der Waals surface area contributed by atoms with Gasteiger partial charge in [0.1, 0.15) is 5.58 Å². The Morgan fingerprint density at radius 3 is 2.60 bits per heavy atom. The van der Waals surface area contributed by atoms with Gasteiger partial charge in [0, 0.05) is 16.8 Å². The molecule has 15 heavy (non-hydrogen) atoms. The second kappa shape index (κ2) is 3.49. The molecule has 0 unspecified atom stereocenters. The van der Waals surface area contributed by atoms with Crippen LogP contribution in [0.25, 0.3) is 11.0 Å². The number of halogens is 1. The summed E-state index contributed by atoms with van der Waals surface area (Å²) in [4.78, 5) is 11.2. The Labute approximate surface area is 96.4 Å².